The highest BCUT2D eigenvalue weighted by atomic mass is 35.5. The second-order valence-corrected chi connectivity index (χ2v) is 17.5. The van der Waals surface area contributed by atoms with Gasteiger partial charge < -0.3 is 59.4 Å². The van der Waals surface area contributed by atoms with Crippen LogP contribution in [-0.2, 0) is 35.7 Å². The number of nitrogens with zero attached hydrogens (tertiary/aromatic N) is 2. The molecule has 0 aliphatic rings. The molecule has 0 saturated carbocycles. The van der Waals surface area contributed by atoms with Crippen LogP contribution in [0.25, 0.3) is 0 Å². The number of nitro groups is 2. The maximum absolute atomic E-state index is 12.8. The van der Waals surface area contributed by atoms with Crippen LogP contribution in [0, 0.1) is 43.5 Å². The van der Waals surface area contributed by atoms with Gasteiger partial charge in [-0.2, -0.15) is 0 Å². The van der Waals surface area contributed by atoms with Crippen molar-refractivity contribution in [2.75, 3.05) is 68.5 Å². The lowest BCUT2D eigenvalue weighted by molar-refractivity contribution is -0.384. The third-order valence-electron chi connectivity index (χ3n) is 11.0. The predicted octanol–water partition coefficient (Wildman–Crippen LogP) is 13.4. The van der Waals surface area contributed by atoms with Gasteiger partial charge in [0.05, 0.1) is 45.8 Å². The Morgan fingerprint density at radius 2 is 0.771 bits per heavy atom. The maximum atomic E-state index is 12.8. The lowest BCUT2D eigenvalue weighted by atomic mass is 10.2. The van der Waals surface area contributed by atoms with E-state index in [2.05, 4.69) is 31.3 Å². The summed E-state index contributed by atoms with van der Waals surface area (Å²) in [6.45, 7) is 6.16. The molecule has 8 rings (SSSR count). The summed E-state index contributed by atoms with van der Waals surface area (Å²) in [4.78, 5) is 41.2. The van der Waals surface area contributed by atoms with E-state index in [1.807, 2.05) is 6.07 Å². The molecule has 83 heavy (non-hydrogen) atoms. The van der Waals surface area contributed by atoms with Gasteiger partial charge in [0.2, 0.25) is 0 Å². The normalized spacial score (nSPS) is 9.96. The van der Waals surface area contributed by atoms with Gasteiger partial charge in [-0.3, -0.25) is 25.5 Å². The Balaban J connectivity index is 0.000000230. The molecule has 0 aliphatic heterocycles. The van der Waals surface area contributed by atoms with Crippen LogP contribution < -0.4 is 55.3 Å². The number of halogens is 5. The highest BCUT2D eigenvalue weighted by molar-refractivity contribution is 6.61. The van der Waals surface area contributed by atoms with Gasteiger partial charge in [0.25, 0.3) is 11.4 Å². The van der Waals surface area contributed by atoms with E-state index in [-0.39, 0.29) is 46.0 Å². The molecule has 0 aliphatic carbocycles. The van der Waals surface area contributed by atoms with E-state index in [0.717, 1.165) is 33.6 Å². The van der Waals surface area contributed by atoms with Crippen molar-refractivity contribution < 1.29 is 46.5 Å². The molecule has 0 bridgehead atoms. The maximum Gasteiger partial charge on any atom is 0.411 e. The topological polar surface area (TPSA) is 329 Å². The van der Waals surface area contributed by atoms with Crippen molar-refractivity contribution in [3.05, 3.63) is 236 Å². The largest absolute Gasteiger partial charge is 0.454 e. The van der Waals surface area contributed by atoms with Gasteiger partial charge in [-0.25, -0.2) is 27.2 Å². The van der Waals surface area contributed by atoms with Crippen LogP contribution in [0.15, 0.2) is 170 Å². The van der Waals surface area contributed by atoms with Crippen molar-refractivity contribution in [1.82, 2.24) is 0 Å². The number of hydrogen-bond acceptors (Lipinski definition) is 17. The minimum atomic E-state index is -0.738. The summed E-state index contributed by atoms with van der Waals surface area (Å²) in [5, 5.41) is 36.4. The molecule has 0 radical (unpaired) electrons. The van der Waals surface area contributed by atoms with E-state index >= 15 is 0 Å². The van der Waals surface area contributed by atoms with Crippen molar-refractivity contribution >= 4 is 91.4 Å². The summed E-state index contributed by atoms with van der Waals surface area (Å²) in [5.74, 6) is -1.08. The zero-order valence-electron chi connectivity index (χ0n) is 44.8. The number of carbonyl (C=O) groups is 2. The molecule has 8 aromatic rings. The third kappa shape index (κ3) is 24.2. The van der Waals surface area contributed by atoms with Gasteiger partial charge in [-0.1, -0.05) is 48.5 Å². The first-order valence-corrected chi connectivity index (χ1v) is 25.3. The molecule has 0 aromatic heterocycles. The van der Waals surface area contributed by atoms with Gasteiger partial charge in [0, 0.05) is 72.7 Å². The second-order valence-electron chi connectivity index (χ2n) is 17.1. The monoisotopic (exact) mass is 1160 g/mol. The quantitative estimate of drug-likeness (QED) is 0.0133. The van der Waals surface area contributed by atoms with Crippen molar-refractivity contribution in [2.24, 2.45) is 0 Å². The number of anilines is 10. The number of nitrogens with two attached hydrogens (primary N) is 5. The van der Waals surface area contributed by atoms with Crippen molar-refractivity contribution in [3.8, 4) is 0 Å². The minimum Gasteiger partial charge on any atom is -0.454 e. The molecule has 0 spiro atoms. The number of nitrogens with one attached hydrogen (secondary N) is 5. The van der Waals surface area contributed by atoms with Crippen molar-refractivity contribution in [2.45, 2.75) is 40.0 Å². The van der Waals surface area contributed by atoms with Crippen LogP contribution in [0.4, 0.5) is 95.4 Å². The lowest BCUT2D eigenvalue weighted by Crippen LogP contribution is -2.14. The van der Waals surface area contributed by atoms with Gasteiger partial charge in [-0.05, 0) is 145 Å². The first-order chi connectivity index (χ1) is 39.6. The molecule has 8 aromatic carbocycles. The summed E-state index contributed by atoms with van der Waals surface area (Å²) in [7, 11) is 0. The van der Waals surface area contributed by atoms with E-state index in [0.29, 0.717) is 73.5 Å². The van der Waals surface area contributed by atoms with Crippen LogP contribution in [0.5, 0.6) is 0 Å². The molecule has 1 amide bonds. The van der Waals surface area contributed by atoms with Crippen LogP contribution in [0.3, 0.4) is 0 Å². The average Bonchev–Trinajstić information content (AvgIpc) is 3.51. The second kappa shape index (κ2) is 33.8. The molecule has 0 heterocycles. The Morgan fingerprint density at radius 1 is 0.434 bits per heavy atom. The minimum absolute atomic E-state index is 0.106. The van der Waals surface area contributed by atoms with E-state index in [1.54, 1.807) is 105 Å². The zero-order valence-corrected chi connectivity index (χ0v) is 45.6. The fourth-order valence-electron chi connectivity index (χ4n) is 6.73. The molecule has 0 atom stereocenters. The Morgan fingerprint density at radius 3 is 1.10 bits per heavy atom. The summed E-state index contributed by atoms with van der Waals surface area (Å²) in [6, 6.07) is 44.2. The fourth-order valence-corrected chi connectivity index (χ4v) is 6.84. The number of carbonyl (C=O) groups excluding carboxylic acids is 2. The van der Waals surface area contributed by atoms with Crippen LogP contribution in [0.2, 0.25) is 0 Å². The molecule has 436 valence electrons. The molecule has 0 fully saturated rings. The highest BCUT2D eigenvalue weighted by Gasteiger charge is 2.13. The van der Waals surface area contributed by atoms with Gasteiger partial charge in [-0.15, -0.1) is 0 Å². The van der Waals surface area contributed by atoms with Crippen molar-refractivity contribution in [1.29, 1.82) is 0 Å². The van der Waals surface area contributed by atoms with Gasteiger partial charge in [0.15, 0.2) is 0 Å². The van der Waals surface area contributed by atoms with Gasteiger partial charge in [0.1, 0.15) is 34.6 Å². The molecule has 20 nitrogen and oxygen atoms in total. The van der Waals surface area contributed by atoms with E-state index in [1.165, 1.54) is 72.8 Å². The van der Waals surface area contributed by atoms with Crippen molar-refractivity contribution in [3.63, 3.8) is 0 Å². The predicted molar refractivity (Wildman–Crippen MR) is 320 cm³/mol. The first-order valence-electron chi connectivity index (χ1n) is 24.9. The molecule has 25 heteroatoms. The number of amides is 1. The van der Waals surface area contributed by atoms with E-state index in [9.17, 15) is 47.4 Å². The van der Waals surface area contributed by atoms with E-state index < -0.39 is 21.4 Å². The van der Waals surface area contributed by atoms with E-state index in [4.69, 9.17) is 45.0 Å². The summed E-state index contributed by atoms with van der Waals surface area (Å²) in [6.07, 6.45) is -0.541. The molecule has 0 saturated heterocycles. The smallest absolute Gasteiger partial charge is 0.411 e. The number of ether oxygens (including phenoxy) is 2. The number of hydrogen-bond donors (Lipinski definition) is 10. The lowest BCUT2D eigenvalue weighted by Gasteiger charge is -2.11. The summed E-state index contributed by atoms with van der Waals surface area (Å²) in [5.41, 5.74) is 36.2. The molecular weight excluding hydrogens is 1100 g/mol. The molecule has 0 unspecified atom stereocenters. The van der Waals surface area contributed by atoms with Crippen LogP contribution in [0.1, 0.15) is 36.1 Å². The number of nitro benzene ring substituents is 2. The Bertz CT molecular complexity index is 3370. The standard InChI is InChI=1S/C16H18FN3O2.2C13H12FN3O2.C13H14FN3.C3H5ClO2/c1-2-22-16(21)20-15-8-7-13(9-14(15)18)19-10-11-3-5-12(17)6-4-11;14-10-3-1-9(2-4-10)8-16-11-5-6-13(17(18)19)12(15)7-11;14-10-3-1-9(2-4-10)8-16-11-5-6-12(15)13(7-11)17(18)19;14-10-3-1-9(2-4-10)8-17-11-5-6-12(15)13(16)7-11;1-2-6-3(4)5/h3-9,19H,2,10,18H2,1H3,(H,20,21);2*1-7,16H,8,15H2;1-7,17H,8,15-16H2;2H2,1H3. The molecule has 15 N–H and O–H groups in total. The highest BCUT2D eigenvalue weighted by Crippen LogP contribution is 2.27. The fraction of sp³-hybridized carbons (Fsp3) is 0.138. The summed E-state index contributed by atoms with van der Waals surface area (Å²) < 4.78 is 59.9. The zero-order chi connectivity index (χ0) is 60.8. The average molecular weight is 1170 g/mol. The number of nitrogen functional groups attached to an aromatic ring is 5. The first kappa shape index (κ1) is 65.0. The Kier molecular flexibility index (Phi) is 26.5. The van der Waals surface area contributed by atoms with Gasteiger partial charge >= 0.3 is 11.5 Å². The number of rotatable bonds is 17. The third-order valence-corrected chi connectivity index (χ3v) is 11.1. The van der Waals surface area contributed by atoms with Crippen LogP contribution >= 0.6 is 11.6 Å². The summed E-state index contributed by atoms with van der Waals surface area (Å²) >= 11 is 4.72. The number of benzene rings is 8. The Labute approximate surface area is 480 Å². The Hall–Kier alpha value is -10.5. The molecular formula is C58H61ClF4N12O8. The SMILES string of the molecule is CCOC(=O)Cl.CCOC(=O)Nc1ccc(NCc2ccc(F)cc2)cc1N.Nc1cc(NCc2ccc(F)cc2)ccc1[N+](=O)[O-].Nc1ccc(NCc2ccc(F)cc2)cc1N.Nc1ccc(NCc2ccc(F)cc2)cc1[N+](=O)[O-]. The van der Waals surface area contributed by atoms with Crippen LogP contribution in [-0.4, -0.2) is 34.6 Å².